The molecule has 2 N–H and O–H groups in total. The zero-order valence-electron chi connectivity index (χ0n) is 14.7. The van der Waals surface area contributed by atoms with Gasteiger partial charge >= 0.3 is 23.7 Å². The summed E-state index contributed by atoms with van der Waals surface area (Å²) >= 11 is 0. The van der Waals surface area contributed by atoms with Crippen LogP contribution < -0.4 is 5.43 Å². The molecule has 1 unspecified atom stereocenters. The quantitative estimate of drug-likeness (QED) is 0.250. The van der Waals surface area contributed by atoms with E-state index in [4.69, 9.17) is 9.47 Å². The minimum absolute atomic E-state index is 0.0306. The topological polar surface area (TPSA) is 118 Å². The highest BCUT2D eigenvalue weighted by molar-refractivity contribution is 6.16. The fourth-order valence-electron chi connectivity index (χ4n) is 2.03. The van der Waals surface area contributed by atoms with Gasteiger partial charge in [0.05, 0.1) is 0 Å². The van der Waals surface area contributed by atoms with E-state index in [2.05, 4.69) is 10.5 Å². The molecule has 9 nitrogen and oxygen atoms in total. The van der Waals surface area contributed by atoms with Gasteiger partial charge in [0.1, 0.15) is 11.3 Å². The molecule has 0 aromatic carbocycles. The van der Waals surface area contributed by atoms with Gasteiger partial charge in [-0.25, -0.2) is 10.2 Å². The Morgan fingerprint density at radius 1 is 1.33 bits per heavy atom. The highest BCUT2D eigenvalue weighted by atomic mass is 16.7. The van der Waals surface area contributed by atoms with Crippen LogP contribution in [-0.2, 0) is 19.1 Å². The van der Waals surface area contributed by atoms with Crippen molar-refractivity contribution in [1.82, 2.24) is 10.5 Å². The second-order valence-corrected chi connectivity index (χ2v) is 6.51. The minimum Gasteiger partial charge on any atom is -0.442 e. The molecule has 0 aliphatic carbocycles. The molecule has 1 aliphatic heterocycles. The van der Waals surface area contributed by atoms with Crippen LogP contribution in [0.4, 0.5) is 4.79 Å². The third-order valence-electron chi connectivity index (χ3n) is 3.23. The van der Waals surface area contributed by atoms with Crippen LogP contribution in [0.5, 0.6) is 0 Å². The molecule has 1 aliphatic rings. The maximum atomic E-state index is 12.2. The molecule has 0 saturated carbocycles. The lowest BCUT2D eigenvalue weighted by molar-refractivity contribution is -0.223. The van der Waals surface area contributed by atoms with Crippen molar-refractivity contribution in [3.8, 4) is 0 Å². The molecule has 0 aromatic heterocycles. The molecule has 1 atom stereocenters. The van der Waals surface area contributed by atoms with Crippen molar-refractivity contribution in [3.05, 3.63) is 0 Å². The van der Waals surface area contributed by atoms with Gasteiger partial charge < -0.3 is 9.47 Å². The highest BCUT2D eigenvalue weighted by Gasteiger charge is 2.57. The Hall–Kier alpha value is -2.16. The van der Waals surface area contributed by atoms with Crippen molar-refractivity contribution in [1.29, 1.82) is 0 Å². The summed E-state index contributed by atoms with van der Waals surface area (Å²) in [5.74, 6) is -1.67. The van der Waals surface area contributed by atoms with E-state index in [-0.39, 0.29) is 17.2 Å². The smallest absolute Gasteiger partial charge is 0.438 e. The van der Waals surface area contributed by atoms with Gasteiger partial charge in [-0.2, -0.15) is 5.10 Å². The molecule has 0 fully saturated rings. The maximum Gasteiger partial charge on any atom is 0.438 e. The van der Waals surface area contributed by atoms with E-state index in [1.165, 1.54) is 6.92 Å². The molecule has 0 spiro atoms. The number of hydrogen-bond donors (Lipinski definition) is 2. The molecule has 0 aromatic rings. The van der Waals surface area contributed by atoms with Gasteiger partial charge in [-0.05, 0) is 34.1 Å². The predicted molar refractivity (Wildman–Crippen MR) is 84.1 cm³/mol. The molecular formula is C15H25N3O6. The first-order valence-electron chi connectivity index (χ1n) is 7.83. The first-order chi connectivity index (χ1) is 11.0. The van der Waals surface area contributed by atoms with E-state index in [9.17, 15) is 19.6 Å². The largest absolute Gasteiger partial charge is 0.442 e. The van der Waals surface area contributed by atoms with Gasteiger partial charge in [-0.3, -0.25) is 14.8 Å². The predicted octanol–water partition coefficient (Wildman–Crippen LogP) is 1.94. The van der Waals surface area contributed by atoms with Crippen LogP contribution in [0.2, 0.25) is 0 Å². The number of amides is 2. The average Bonchev–Trinajstić information content (AvgIpc) is 2.74. The zero-order valence-corrected chi connectivity index (χ0v) is 14.7. The number of nitrogens with zero attached hydrogens (tertiary/aromatic N) is 2. The van der Waals surface area contributed by atoms with Crippen LogP contribution in [0.1, 0.15) is 60.3 Å². The number of carbonyl (C=O) groups excluding carboxylic acids is 3. The summed E-state index contributed by atoms with van der Waals surface area (Å²) in [6.07, 6.45) is 1.12. The molecular weight excluding hydrogens is 318 g/mol. The molecule has 2 amide bonds. The number of hydroxylamine groups is 2. The Morgan fingerprint density at radius 2 is 1.96 bits per heavy atom. The molecule has 1 heterocycles. The standard InChI is InChI=1S/C15H25N3O6/c1-6-7-8-9-11(19)23-15(10(2)16-17-12(15)20)18(22)13(21)24-14(3,4)5/h22H,6-9H2,1-5H3,(H,17,20). The maximum absolute atomic E-state index is 12.2. The zero-order chi connectivity index (χ0) is 18.5. The number of rotatable bonds is 6. The van der Waals surface area contributed by atoms with Gasteiger partial charge in [0.2, 0.25) is 0 Å². The van der Waals surface area contributed by atoms with Crippen molar-refractivity contribution in [2.75, 3.05) is 0 Å². The van der Waals surface area contributed by atoms with Crippen molar-refractivity contribution >= 4 is 23.7 Å². The molecule has 24 heavy (non-hydrogen) atoms. The fraction of sp³-hybridized carbons (Fsp3) is 0.733. The van der Waals surface area contributed by atoms with Crippen LogP contribution in [0, 0.1) is 0 Å². The minimum atomic E-state index is -2.36. The Morgan fingerprint density at radius 3 is 2.42 bits per heavy atom. The Balaban J connectivity index is 3.00. The number of ether oxygens (including phenoxy) is 2. The second-order valence-electron chi connectivity index (χ2n) is 6.51. The van der Waals surface area contributed by atoms with Crippen molar-refractivity contribution < 1.29 is 29.1 Å². The first-order valence-corrected chi connectivity index (χ1v) is 7.83. The number of hydrogen-bond acceptors (Lipinski definition) is 7. The van der Waals surface area contributed by atoms with Crippen LogP contribution >= 0.6 is 0 Å². The van der Waals surface area contributed by atoms with Gasteiger partial charge in [0.25, 0.3) is 0 Å². The molecule has 136 valence electrons. The lowest BCUT2D eigenvalue weighted by Gasteiger charge is -2.34. The molecule has 9 heteroatoms. The summed E-state index contributed by atoms with van der Waals surface area (Å²) < 4.78 is 10.2. The SMILES string of the molecule is CCCCCC(=O)OC1(N(O)C(=O)OC(C)(C)C)C(=O)NN=C1C. The summed E-state index contributed by atoms with van der Waals surface area (Å²) in [5, 5.41) is 13.9. The number of hydrazone groups is 1. The van der Waals surface area contributed by atoms with Crippen molar-refractivity contribution in [2.45, 2.75) is 71.6 Å². The van der Waals surface area contributed by atoms with E-state index in [0.717, 1.165) is 12.8 Å². The average molecular weight is 343 g/mol. The summed E-state index contributed by atoms with van der Waals surface area (Å²) in [4.78, 5) is 36.3. The van der Waals surface area contributed by atoms with Gasteiger partial charge in [-0.15, -0.1) is 5.06 Å². The van der Waals surface area contributed by atoms with Gasteiger partial charge in [-0.1, -0.05) is 19.8 Å². The number of carbonyl (C=O) groups is 3. The van der Waals surface area contributed by atoms with E-state index in [0.29, 0.717) is 6.42 Å². The Kier molecular flexibility index (Phi) is 6.30. The normalized spacial score (nSPS) is 20.2. The molecule has 0 bridgehead atoms. The van der Waals surface area contributed by atoms with Crippen LogP contribution in [0.3, 0.4) is 0 Å². The highest BCUT2D eigenvalue weighted by Crippen LogP contribution is 2.26. The Labute approximate surface area is 140 Å². The second kappa shape index (κ2) is 7.61. The number of esters is 1. The first kappa shape index (κ1) is 19.9. The number of nitrogens with one attached hydrogen (secondary N) is 1. The lowest BCUT2D eigenvalue weighted by atomic mass is 10.1. The van der Waals surface area contributed by atoms with E-state index in [1.807, 2.05) is 6.92 Å². The fourth-order valence-corrected chi connectivity index (χ4v) is 2.03. The van der Waals surface area contributed by atoms with Crippen molar-refractivity contribution in [2.24, 2.45) is 5.10 Å². The summed E-state index contributed by atoms with van der Waals surface area (Å²) in [5.41, 5.74) is -1.25. The monoisotopic (exact) mass is 343 g/mol. The van der Waals surface area contributed by atoms with Crippen LogP contribution in [0.25, 0.3) is 0 Å². The molecule has 0 saturated heterocycles. The van der Waals surface area contributed by atoms with E-state index in [1.54, 1.807) is 20.8 Å². The summed E-state index contributed by atoms with van der Waals surface area (Å²) in [6, 6.07) is 0. The molecule has 1 rings (SSSR count). The third kappa shape index (κ3) is 4.44. The summed E-state index contributed by atoms with van der Waals surface area (Å²) in [6.45, 7) is 8.12. The van der Waals surface area contributed by atoms with Gasteiger partial charge in [0, 0.05) is 6.42 Å². The Bertz CT molecular complexity index is 540. The van der Waals surface area contributed by atoms with Gasteiger partial charge in [0.15, 0.2) is 0 Å². The summed E-state index contributed by atoms with van der Waals surface area (Å²) in [7, 11) is 0. The van der Waals surface area contributed by atoms with E-state index < -0.39 is 29.3 Å². The number of unbranched alkanes of at least 4 members (excludes halogenated alkanes) is 2. The van der Waals surface area contributed by atoms with E-state index >= 15 is 0 Å². The third-order valence-corrected chi connectivity index (χ3v) is 3.23. The van der Waals surface area contributed by atoms with Crippen molar-refractivity contribution in [3.63, 3.8) is 0 Å². The lowest BCUT2D eigenvalue weighted by Crippen LogP contribution is -2.62. The molecule has 0 radical (unpaired) electrons. The van der Waals surface area contributed by atoms with Crippen LogP contribution in [-0.4, -0.2) is 45.3 Å². The van der Waals surface area contributed by atoms with Crippen LogP contribution in [0.15, 0.2) is 5.10 Å².